The lowest BCUT2D eigenvalue weighted by molar-refractivity contribution is -0.174. The fraction of sp³-hybridized carbons (Fsp3) is 0.357. The molecule has 2 rings (SSSR count). The fourth-order valence-electron chi connectivity index (χ4n) is 1.67. The molecular formula is C14H13F3O4. The van der Waals surface area contributed by atoms with Crippen molar-refractivity contribution in [3.63, 3.8) is 0 Å². The maximum Gasteiger partial charge on any atom is 0.411 e. The fourth-order valence-corrected chi connectivity index (χ4v) is 1.67. The highest BCUT2D eigenvalue weighted by molar-refractivity contribution is 5.77. The number of halogens is 3. The highest BCUT2D eigenvalue weighted by Crippen LogP contribution is 2.19. The molecule has 1 aromatic carbocycles. The zero-order chi connectivity index (χ0) is 15.3. The van der Waals surface area contributed by atoms with Gasteiger partial charge in [-0.05, 0) is 18.2 Å². The van der Waals surface area contributed by atoms with Crippen LogP contribution in [0.5, 0.6) is 5.75 Å². The second-order valence-electron chi connectivity index (χ2n) is 4.32. The van der Waals surface area contributed by atoms with Gasteiger partial charge in [0.15, 0.2) is 0 Å². The lowest BCUT2D eigenvalue weighted by Gasteiger charge is -2.09. The van der Waals surface area contributed by atoms with E-state index in [1.54, 1.807) is 24.3 Å². The standard InChI is InChI=1S/C14H13F3O4/c15-14(16,17)9-19-6-1-7-20-11-4-2-10-3-5-13(18)21-12(10)8-11/h2-5,8H,1,6-7,9H2. The van der Waals surface area contributed by atoms with Gasteiger partial charge >= 0.3 is 11.8 Å². The Morgan fingerprint density at radius 2 is 1.86 bits per heavy atom. The summed E-state index contributed by atoms with van der Waals surface area (Å²) in [6.07, 6.45) is -3.98. The smallest absolute Gasteiger partial charge is 0.411 e. The predicted molar refractivity (Wildman–Crippen MR) is 69.5 cm³/mol. The minimum Gasteiger partial charge on any atom is -0.493 e. The Kier molecular flexibility index (Phi) is 4.85. The summed E-state index contributed by atoms with van der Waals surface area (Å²) in [5.41, 5.74) is -0.0616. The van der Waals surface area contributed by atoms with Gasteiger partial charge in [0.2, 0.25) is 0 Å². The molecule has 0 N–H and O–H groups in total. The van der Waals surface area contributed by atoms with Crippen LogP contribution in [0.25, 0.3) is 11.0 Å². The van der Waals surface area contributed by atoms with Crippen molar-refractivity contribution in [1.82, 2.24) is 0 Å². The number of hydrogen-bond acceptors (Lipinski definition) is 4. The van der Waals surface area contributed by atoms with Crippen molar-refractivity contribution in [2.24, 2.45) is 0 Å². The second kappa shape index (κ2) is 6.62. The average molecular weight is 302 g/mol. The van der Waals surface area contributed by atoms with Crippen LogP contribution >= 0.6 is 0 Å². The van der Waals surface area contributed by atoms with E-state index in [2.05, 4.69) is 4.74 Å². The number of rotatable bonds is 6. The van der Waals surface area contributed by atoms with Gasteiger partial charge in [0.05, 0.1) is 13.2 Å². The maximum absolute atomic E-state index is 11.8. The van der Waals surface area contributed by atoms with E-state index in [-0.39, 0.29) is 13.2 Å². The van der Waals surface area contributed by atoms with Gasteiger partial charge < -0.3 is 13.9 Å². The molecule has 0 atom stereocenters. The SMILES string of the molecule is O=c1ccc2ccc(OCCCOCC(F)(F)F)cc2o1. The summed E-state index contributed by atoms with van der Waals surface area (Å²) >= 11 is 0. The summed E-state index contributed by atoms with van der Waals surface area (Å²) in [5, 5.41) is 0.760. The molecule has 0 aliphatic heterocycles. The predicted octanol–water partition coefficient (Wildman–Crippen LogP) is 3.14. The molecule has 0 fully saturated rings. The highest BCUT2D eigenvalue weighted by atomic mass is 19.4. The van der Waals surface area contributed by atoms with E-state index in [0.717, 1.165) is 5.39 Å². The van der Waals surface area contributed by atoms with E-state index in [1.807, 2.05) is 0 Å². The third-order valence-corrected chi connectivity index (χ3v) is 2.56. The number of hydrogen-bond donors (Lipinski definition) is 0. The highest BCUT2D eigenvalue weighted by Gasteiger charge is 2.27. The number of benzene rings is 1. The van der Waals surface area contributed by atoms with Gasteiger partial charge in [-0.1, -0.05) is 0 Å². The van der Waals surface area contributed by atoms with Crippen molar-refractivity contribution >= 4 is 11.0 Å². The number of fused-ring (bicyclic) bond motifs is 1. The first-order valence-corrected chi connectivity index (χ1v) is 6.25. The molecule has 0 bridgehead atoms. The summed E-state index contributed by atoms with van der Waals surface area (Å²) in [6.45, 7) is -1.09. The van der Waals surface area contributed by atoms with Crippen LogP contribution in [0.4, 0.5) is 13.2 Å². The summed E-state index contributed by atoms with van der Waals surface area (Å²) in [4.78, 5) is 11.1. The Balaban J connectivity index is 1.80. The Morgan fingerprint density at radius 3 is 2.62 bits per heavy atom. The quantitative estimate of drug-likeness (QED) is 0.607. The topological polar surface area (TPSA) is 48.7 Å². The Morgan fingerprint density at radius 1 is 1.10 bits per heavy atom. The van der Waals surface area contributed by atoms with Gasteiger partial charge in [0.1, 0.15) is 17.9 Å². The molecule has 1 aromatic heterocycles. The summed E-state index contributed by atoms with van der Waals surface area (Å²) in [5.74, 6) is 0.479. The second-order valence-corrected chi connectivity index (χ2v) is 4.32. The molecule has 0 amide bonds. The van der Waals surface area contributed by atoms with Crippen molar-refractivity contribution in [2.45, 2.75) is 12.6 Å². The zero-order valence-electron chi connectivity index (χ0n) is 11.0. The van der Waals surface area contributed by atoms with Crippen molar-refractivity contribution in [2.75, 3.05) is 19.8 Å². The van der Waals surface area contributed by atoms with Crippen LogP contribution < -0.4 is 10.4 Å². The Hall–Kier alpha value is -2.02. The van der Waals surface area contributed by atoms with E-state index in [9.17, 15) is 18.0 Å². The molecule has 0 aliphatic carbocycles. The molecule has 1 heterocycles. The normalized spacial score (nSPS) is 11.8. The van der Waals surface area contributed by atoms with Gasteiger partial charge in [-0.25, -0.2) is 4.79 Å². The van der Waals surface area contributed by atoms with Crippen LogP contribution in [0.1, 0.15) is 6.42 Å². The third-order valence-electron chi connectivity index (χ3n) is 2.56. The van der Waals surface area contributed by atoms with Gasteiger partial charge in [0.25, 0.3) is 0 Å². The summed E-state index contributed by atoms with van der Waals surface area (Å²) in [6, 6.07) is 7.94. The molecule has 21 heavy (non-hydrogen) atoms. The first-order valence-electron chi connectivity index (χ1n) is 6.25. The molecule has 0 aliphatic rings. The van der Waals surface area contributed by atoms with E-state index < -0.39 is 18.4 Å². The van der Waals surface area contributed by atoms with Gasteiger partial charge in [-0.3, -0.25) is 0 Å². The van der Waals surface area contributed by atoms with E-state index in [4.69, 9.17) is 9.15 Å². The number of alkyl halides is 3. The van der Waals surface area contributed by atoms with Crippen molar-refractivity contribution < 1.29 is 27.1 Å². The Bertz CT molecular complexity index is 648. The van der Waals surface area contributed by atoms with Crippen molar-refractivity contribution in [3.05, 3.63) is 40.8 Å². The molecule has 0 saturated carbocycles. The Labute approximate surface area is 118 Å². The molecule has 2 aromatic rings. The van der Waals surface area contributed by atoms with Gasteiger partial charge in [-0.2, -0.15) is 13.2 Å². The lowest BCUT2D eigenvalue weighted by Crippen LogP contribution is -2.18. The number of ether oxygens (including phenoxy) is 2. The largest absolute Gasteiger partial charge is 0.493 e. The molecule has 0 spiro atoms. The zero-order valence-corrected chi connectivity index (χ0v) is 11.0. The van der Waals surface area contributed by atoms with Crippen LogP contribution in [0.3, 0.4) is 0 Å². The first-order chi connectivity index (χ1) is 9.94. The van der Waals surface area contributed by atoms with Gasteiger partial charge in [0, 0.05) is 23.9 Å². The molecule has 4 nitrogen and oxygen atoms in total. The minimum absolute atomic E-state index is 0.0395. The van der Waals surface area contributed by atoms with Crippen LogP contribution in [-0.2, 0) is 4.74 Å². The van der Waals surface area contributed by atoms with E-state index in [1.165, 1.54) is 6.07 Å². The summed E-state index contributed by atoms with van der Waals surface area (Å²) < 4.78 is 50.3. The van der Waals surface area contributed by atoms with Crippen LogP contribution in [-0.4, -0.2) is 26.0 Å². The third kappa shape index (κ3) is 5.11. The monoisotopic (exact) mass is 302 g/mol. The van der Waals surface area contributed by atoms with E-state index >= 15 is 0 Å². The molecule has 0 radical (unpaired) electrons. The molecule has 0 unspecified atom stereocenters. The molecule has 7 heteroatoms. The van der Waals surface area contributed by atoms with Crippen LogP contribution in [0.15, 0.2) is 39.5 Å². The minimum atomic E-state index is -4.31. The van der Waals surface area contributed by atoms with E-state index in [0.29, 0.717) is 17.8 Å². The van der Waals surface area contributed by atoms with Crippen LogP contribution in [0, 0.1) is 0 Å². The van der Waals surface area contributed by atoms with Gasteiger partial charge in [-0.15, -0.1) is 0 Å². The molecule has 0 saturated heterocycles. The summed E-state index contributed by atoms with van der Waals surface area (Å²) in [7, 11) is 0. The maximum atomic E-state index is 11.8. The van der Waals surface area contributed by atoms with Crippen LogP contribution in [0.2, 0.25) is 0 Å². The molecular weight excluding hydrogens is 289 g/mol. The lowest BCUT2D eigenvalue weighted by atomic mass is 10.2. The average Bonchev–Trinajstić information content (AvgIpc) is 2.41. The first kappa shape index (κ1) is 15.4. The van der Waals surface area contributed by atoms with Crippen molar-refractivity contribution in [3.8, 4) is 5.75 Å². The van der Waals surface area contributed by atoms with Crippen molar-refractivity contribution in [1.29, 1.82) is 0 Å². The molecule has 114 valence electrons.